The van der Waals surface area contributed by atoms with E-state index in [1.807, 2.05) is 0 Å². The number of carbonyl (C=O) groups excluding carboxylic acids is 3. The summed E-state index contributed by atoms with van der Waals surface area (Å²) >= 11 is 0. The first-order valence-electron chi connectivity index (χ1n) is 36.8. The van der Waals surface area contributed by atoms with Crippen LogP contribution in [0.15, 0.2) is 60.8 Å². The summed E-state index contributed by atoms with van der Waals surface area (Å²) in [6.45, 7) is 6.59. The van der Waals surface area contributed by atoms with E-state index in [9.17, 15) is 14.4 Å². The third kappa shape index (κ3) is 69.8. The van der Waals surface area contributed by atoms with E-state index in [2.05, 4.69) is 81.5 Å². The predicted molar refractivity (Wildman–Crippen MR) is 362 cm³/mol. The first kappa shape index (κ1) is 80.1. The van der Waals surface area contributed by atoms with Gasteiger partial charge in [0, 0.05) is 19.3 Å². The van der Waals surface area contributed by atoms with Crippen LogP contribution in [0.5, 0.6) is 0 Å². The van der Waals surface area contributed by atoms with Crippen LogP contribution in [0.3, 0.4) is 0 Å². The van der Waals surface area contributed by atoms with E-state index < -0.39 is 6.10 Å². The molecule has 1 unspecified atom stereocenters. The molecule has 0 aromatic carbocycles. The van der Waals surface area contributed by atoms with Crippen LogP contribution in [-0.4, -0.2) is 37.2 Å². The van der Waals surface area contributed by atoms with Crippen molar-refractivity contribution in [3.63, 3.8) is 0 Å². The molecule has 0 N–H and O–H groups in total. The number of hydrogen-bond donors (Lipinski definition) is 0. The predicted octanol–water partition coefficient (Wildman–Crippen LogP) is 25.5. The lowest BCUT2D eigenvalue weighted by atomic mass is 10.0. The highest BCUT2D eigenvalue weighted by atomic mass is 16.6. The van der Waals surface area contributed by atoms with Gasteiger partial charge in [-0.15, -0.1) is 0 Å². The Balaban J connectivity index is 3.90. The Bertz CT molecular complexity index is 1470. The van der Waals surface area contributed by atoms with Crippen molar-refractivity contribution in [1.82, 2.24) is 0 Å². The molecule has 6 nitrogen and oxygen atoms in total. The summed E-state index contributed by atoms with van der Waals surface area (Å²) in [6, 6.07) is 0. The Morgan fingerprint density at radius 1 is 0.241 bits per heavy atom. The molecule has 0 fully saturated rings. The SMILES string of the molecule is CCCCCCC/C=C\C/C=C\C/C=C\CCCCCCCCCCCCC(=O)OC(COC(=O)CCCCCCC)COC(=O)CCCCCCCCCCCCCCCCCCCCCCCCC/C=C\C/C=C\CCCCCCC. The maximum absolute atomic E-state index is 12.9. The zero-order valence-electron chi connectivity index (χ0n) is 55.7. The molecule has 0 aliphatic rings. The van der Waals surface area contributed by atoms with Crippen molar-refractivity contribution < 1.29 is 28.6 Å². The standard InChI is InChI=1S/C77H140O6/c1-4-7-10-13-15-17-19-21-23-25-27-29-31-33-34-35-36-37-38-39-40-41-42-44-45-47-49-51-53-55-57-59-61-64-67-70-76(79)82-73-74(72-81-75(78)69-66-63-12-9-6-3)83-77(80)71-68-65-62-60-58-56-54-52-50-48-46-43-32-30-28-26-24-22-20-18-16-14-11-8-5-2/h19-22,25-28,32,43,74H,4-18,23-24,29-31,33-42,44-73H2,1-3H3/b21-19-,22-20-,27-25-,28-26-,43-32-. The van der Waals surface area contributed by atoms with Gasteiger partial charge in [-0.2, -0.15) is 0 Å². The minimum atomic E-state index is -0.772. The summed E-state index contributed by atoms with van der Waals surface area (Å²) < 4.78 is 16.8. The number of ether oxygens (including phenoxy) is 3. The summed E-state index contributed by atoms with van der Waals surface area (Å²) in [7, 11) is 0. The van der Waals surface area contributed by atoms with Crippen molar-refractivity contribution in [3.05, 3.63) is 60.8 Å². The average Bonchev–Trinajstić information content (AvgIpc) is 3.49. The zero-order valence-corrected chi connectivity index (χ0v) is 55.7. The number of unbranched alkanes of at least 4 members (excludes halogenated alkanes) is 47. The van der Waals surface area contributed by atoms with Gasteiger partial charge >= 0.3 is 17.9 Å². The van der Waals surface area contributed by atoms with Crippen molar-refractivity contribution in [1.29, 1.82) is 0 Å². The molecule has 0 aliphatic heterocycles. The molecule has 0 amide bonds. The molecular formula is C77H140O6. The molecule has 0 aliphatic carbocycles. The fourth-order valence-corrected chi connectivity index (χ4v) is 11.0. The third-order valence-corrected chi connectivity index (χ3v) is 16.5. The van der Waals surface area contributed by atoms with E-state index in [4.69, 9.17) is 14.2 Å². The number of carbonyl (C=O) groups is 3. The molecule has 0 aromatic rings. The van der Waals surface area contributed by atoms with Crippen LogP contribution in [0.1, 0.15) is 393 Å². The topological polar surface area (TPSA) is 78.9 Å². The normalized spacial score (nSPS) is 12.4. The van der Waals surface area contributed by atoms with E-state index in [1.165, 1.54) is 270 Å². The Kier molecular flexibility index (Phi) is 69.1. The molecule has 0 spiro atoms. The van der Waals surface area contributed by atoms with Crippen molar-refractivity contribution >= 4 is 17.9 Å². The Morgan fingerprint density at radius 3 is 0.675 bits per heavy atom. The van der Waals surface area contributed by atoms with Gasteiger partial charge < -0.3 is 14.2 Å². The summed E-state index contributed by atoms with van der Waals surface area (Å²) in [5, 5.41) is 0. The van der Waals surface area contributed by atoms with Crippen molar-refractivity contribution in [2.24, 2.45) is 0 Å². The number of rotatable bonds is 68. The molecule has 6 heteroatoms. The van der Waals surface area contributed by atoms with Crippen molar-refractivity contribution in [2.45, 2.75) is 399 Å². The summed E-state index contributed by atoms with van der Waals surface area (Å²) in [5.41, 5.74) is 0. The maximum Gasteiger partial charge on any atom is 0.306 e. The summed E-state index contributed by atoms with van der Waals surface area (Å²) in [4.78, 5) is 38.0. The van der Waals surface area contributed by atoms with Crippen LogP contribution in [0.25, 0.3) is 0 Å². The lowest BCUT2D eigenvalue weighted by molar-refractivity contribution is -0.167. The van der Waals surface area contributed by atoms with Crippen LogP contribution in [0.4, 0.5) is 0 Å². The van der Waals surface area contributed by atoms with Crippen LogP contribution < -0.4 is 0 Å². The second-order valence-electron chi connectivity index (χ2n) is 24.9. The van der Waals surface area contributed by atoms with Gasteiger partial charge in [0.25, 0.3) is 0 Å². The molecular weight excluding hydrogens is 1020 g/mol. The minimum Gasteiger partial charge on any atom is -0.462 e. The first-order chi connectivity index (χ1) is 41.0. The lowest BCUT2D eigenvalue weighted by Crippen LogP contribution is -2.30. The fourth-order valence-electron chi connectivity index (χ4n) is 11.0. The molecule has 0 radical (unpaired) electrons. The number of esters is 3. The summed E-state index contributed by atoms with van der Waals surface area (Å²) in [6.07, 6.45) is 93.3. The van der Waals surface area contributed by atoms with Gasteiger partial charge in [0.1, 0.15) is 13.2 Å². The van der Waals surface area contributed by atoms with Crippen molar-refractivity contribution in [2.75, 3.05) is 13.2 Å². The Hall–Kier alpha value is -2.89. The van der Waals surface area contributed by atoms with E-state index in [0.717, 1.165) is 83.5 Å². The van der Waals surface area contributed by atoms with Gasteiger partial charge in [-0.1, -0.05) is 345 Å². The van der Waals surface area contributed by atoms with Gasteiger partial charge in [-0.05, 0) is 89.9 Å². The molecule has 0 saturated carbocycles. The highest BCUT2D eigenvalue weighted by Crippen LogP contribution is 2.18. The highest BCUT2D eigenvalue weighted by molar-refractivity contribution is 5.71. The Morgan fingerprint density at radius 2 is 0.434 bits per heavy atom. The molecule has 0 aromatic heterocycles. The first-order valence-corrected chi connectivity index (χ1v) is 36.8. The molecule has 83 heavy (non-hydrogen) atoms. The van der Waals surface area contributed by atoms with Crippen LogP contribution in [-0.2, 0) is 28.6 Å². The zero-order chi connectivity index (χ0) is 59.9. The van der Waals surface area contributed by atoms with E-state index in [0.29, 0.717) is 19.3 Å². The molecule has 0 rings (SSSR count). The third-order valence-electron chi connectivity index (χ3n) is 16.5. The van der Waals surface area contributed by atoms with Gasteiger partial charge in [0.2, 0.25) is 0 Å². The maximum atomic E-state index is 12.9. The monoisotopic (exact) mass is 1160 g/mol. The molecule has 0 saturated heterocycles. The second kappa shape index (κ2) is 71.6. The van der Waals surface area contributed by atoms with Gasteiger partial charge in [-0.25, -0.2) is 0 Å². The second-order valence-corrected chi connectivity index (χ2v) is 24.9. The van der Waals surface area contributed by atoms with E-state index in [-0.39, 0.29) is 31.1 Å². The van der Waals surface area contributed by atoms with Gasteiger partial charge in [0.05, 0.1) is 0 Å². The van der Waals surface area contributed by atoms with E-state index >= 15 is 0 Å². The number of allylic oxidation sites excluding steroid dienone is 10. The quantitative estimate of drug-likeness (QED) is 0.0261. The summed E-state index contributed by atoms with van der Waals surface area (Å²) in [5.74, 6) is -0.868. The fraction of sp³-hybridized carbons (Fsp3) is 0.831. The van der Waals surface area contributed by atoms with Gasteiger partial charge in [-0.3, -0.25) is 14.4 Å². The van der Waals surface area contributed by atoms with E-state index in [1.54, 1.807) is 0 Å². The number of hydrogen-bond acceptors (Lipinski definition) is 6. The largest absolute Gasteiger partial charge is 0.462 e. The average molecular weight is 1160 g/mol. The Labute approximate surface area is 517 Å². The molecule has 0 bridgehead atoms. The van der Waals surface area contributed by atoms with Crippen LogP contribution >= 0.6 is 0 Å². The molecule has 1 atom stereocenters. The van der Waals surface area contributed by atoms with Crippen molar-refractivity contribution in [3.8, 4) is 0 Å². The van der Waals surface area contributed by atoms with Crippen LogP contribution in [0, 0.1) is 0 Å². The molecule has 0 heterocycles. The highest BCUT2D eigenvalue weighted by Gasteiger charge is 2.19. The van der Waals surface area contributed by atoms with Gasteiger partial charge in [0.15, 0.2) is 6.10 Å². The molecule has 484 valence electrons. The minimum absolute atomic E-state index is 0.0716. The smallest absolute Gasteiger partial charge is 0.306 e. The van der Waals surface area contributed by atoms with Crippen LogP contribution in [0.2, 0.25) is 0 Å². The lowest BCUT2D eigenvalue weighted by Gasteiger charge is -2.18.